The lowest BCUT2D eigenvalue weighted by atomic mass is 10.2. The predicted molar refractivity (Wildman–Crippen MR) is 82.8 cm³/mol. The molecule has 0 spiro atoms. The van der Waals surface area contributed by atoms with Crippen LogP contribution in [0.5, 0.6) is 0 Å². The maximum Gasteiger partial charge on any atom is 0.435 e. The number of alkyl halides is 6. The molecule has 3 aromatic rings. The Hall–Kier alpha value is -2.27. The van der Waals surface area contributed by atoms with Crippen molar-refractivity contribution in [2.45, 2.75) is 18.9 Å². The molecule has 0 bridgehead atoms. The van der Waals surface area contributed by atoms with Crippen LogP contribution in [0.15, 0.2) is 29.1 Å². The summed E-state index contributed by atoms with van der Waals surface area (Å²) in [5.41, 5.74) is -3.76. The highest BCUT2D eigenvalue weighted by molar-refractivity contribution is 6.30. The van der Waals surface area contributed by atoms with Gasteiger partial charge in [0.15, 0.2) is 5.69 Å². The Balaban J connectivity index is 2.09. The molecule has 13 heteroatoms. The summed E-state index contributed by atoms with van der Waals surface area (Å²) in [6, 6.07) is 2.66. The van der Waals surface area contributed by atoms with Gasteiger partial charge in [0.05, 0.1) is 17.8 Å². The van der Waals surface area contributed by atoms with Crippen LogP contribution in [0.4, 0.5) is 26.3 Å². The Kier molecular flexibility index (Phi) is 4.63. The van der Waals surface area contributed by atoms with Gasteiger partial charge in [-0.1, -0.05) is 23.2 Å². The van der Waals surface area contributed by atoms with Crippen LogP contribution in [0.2, 0.25) is 10.3 Å². The van der Waals surface area contributed by atoms with Gasteiger partial charge in [0.25, 0.3) is 5.56 Å². The number of hydrogen-bond donors (Lipinski definition) is 0. The number of fused-ring (bicyclic) bond motifs is 1. The first-order chi connectivity index (χ1) is 12.4. The lowest BCUT2D eigenvalue weighted by Crippen LogP contribution is -2.19. The standard InChI is InChI=1S/C14H6Cl2F6N4O/c15-9-4-8(14(20,21)22)24-25(9)5-7-3-12(27)26-10(16)1-6(13(17,18)19)2-11(26)23-7/h1-4H,5H2. The molecule has 5 nitrogen and oxygen atoms in total. The summed E-state index contributed by atoms with van der Waals surface area (Å²) < 4.78 is 78.2. The first kappa shape index (κ1) is 19.5. The third-order valence-corrected chi connectivity index (χ3v) is 4.01. The van der Waals surface area contributed by atoms with Crippen molar-refractivity contribution in [2.24, 2.45) is 0 Å². The fourth-order valence-electron chi connectivity index (χ4n) is 2.28. The van der Waals surface area contributed by atoms with Crippen LogP contribution in [0.3, 0.4) is 0 Å². The van der Waals surface area contributed by atoms with Gasteiger partial charge in [-0.15, -0.1) is 0 Å². The minimum atomic E-state index is -4.74. The molecule has 0 atom stereocenters. The Morgan fingerprint density at radius 2 is 1.59 bits per heavy atom. The molecule has 27 heavy (non-hydrogen) atoms. The normalized spacial score (nSPS) is 12.7. The fraction of sp³-hybridized carbons (Fsp3) is 0.214. The van der Waals surface area contributed by atoms with Gasteiger partial charge in [0.1, 0.15) is 16.0 Å². The second-order valence-electron chi connectivity index (χ2n) is 5.35. The Bertz CT molecular complexity index is 1090. The Morgan fingerprint density at radius 3 is 2.15 bits per heavy atom. The molecular formula is C14H6Cl2F6N4O. The van der Waals surface area contributed by atoms with Gasteiger partial charge in [-0.2, -0.15) is 31.4 Å². The first-order valence-electron chi connectivity index (χ1n) is 6.96. The van der Waals surface area contributed by atoms with E-state index in [4.69, 9.17) is 23.2 Å². The second kappa shape index (κ2) is 6.41. The van der Waals surface area contributed by atoms with Gasteiger partial charge in [-0.05, 0) is 12.1 Å². The van der Waals surface area contributed by atoms with E-state index in [1.54, 1.807) is 0 Å². The summed E-state index contributed by atoms with van der Waals surface area (Å²) in [5.74, 6) is 0. The smallest absolute Gasteiger partial charge is 0.269 e. The summed E-state index contributed by atoms with van der Waals surface area (Å²) >= 11 is 11.4. The number of nitrogens with zero attached hydrogens (tertiary/aromatic N) is 4. The molecule has 0 aliphatic carbocycles. The van der Waals surface area contributed by atoms with Crippen molar-refractivity contribution in [3.05, 3.63) is 61.9 Å². The molecule has 0 fully saturated rings. The van der Waals surface area contributed by atoms with E-state index in [2.05, 4.69) is 10.1 Å². The number of rotatable bonds is 2. The van der Waals surface area contributed by atoms with Crippen LogP contribution in [0.1, 0.15) is 17.0 Å². The zero-order valence-electron chi connectivity index (χ0n) is 12.7. The van der Waals surface area contributed by atoms with E-state index in [0.717, 1.165) is 15.1 Å². The highest BCUT2D eigenvalue weighted by atomic mass is 35.5. The van der Waals surface area contributed by atoms with Crippen molar-refractivity contribution in [2.75, 3.05) is 0 Å². The van der Waals surface area contributed by atoms with Crippen molar-refractivity contribution in [1.82, 2.24) is 19.2 Å². The molecule has 0 unspecified atom stereocenters. The molecule has 0 amide bonds. The highest BCUT2D eigenvalue weighted by Gasteiger charge is 2.35. The number of hydrogen-bond acceptors (Lipinski definition) is 3. The lowest BCUT2D eigenvalue weighted by molar-refractivity contribution is -0.141. The number of aromatic nitrogens is 4. The van der Waals surface area contributed by atoms with E-state index in [-0.39, 0.29) is 10.8 Å². The van der Waals surface area contributed by atoms with E-state index in [1.165, 1.54) is 0 Å². The second-order valence-corrected chi connectivity index (χ2v) is 6.13. The molecule has 0 aliphatic rings. The van der Waals surface area contributed by atoms with Crippen LogP contribution in [-0.2, 0) is 18.9 Å². The predicted octanol–water partition coefficient (Wildman–Crippen LogP) is 4.28. The third kappa shape index (κ3) is 3.88. The van der Waals surface area contributed by atoms with Crippen LogP contribution >= 0.6 is 23.2 Å². The van der Waals surface area contributed by atoms with E-state index < -0.39 is 46.5 Å². The number of pyridine rings is 1. The van der Waals surface area contributed by atoms with Crippen LogP contribution in [0.25, 0.3) is 5.65 Å². The SMILES string of the molecule is O=c1cc(Cn2nc(C(F)(F)F)cc2Cl)nc2cc(C(F)(F)F)cc(Cl)n12. The minimum absolute atomic E-state index is 0.144. The summed E-state index contributed by atoms with van der Waals surface area (Å²) in [7, 11) is 0. The monoisotopic (exact) mass is 430 g/mol. The fourth-order valence-corrected chi connectivity index (χ4v) is 2.76. The van der Waals surface area contributed by atoms with Gasteiger partial charge in [-0.3, -0.25) is 9.20 Å². The summed E-state index contributed by atoms with van der Waals surface area (Å²) in [4.78, 5) is 16.0. The zero-order valence-corrected chi connectivity index (χ0v) is 14.2. The van der Waals surface area contributed by atoms with Gasteiger partial charge < -0.3 is 0 Å². The van der Waals surface area contributed by atoms with Gasteiger partial charge in [-0.25, -0.2) is 9.67 Å². The van der Waals surface area contributed by atoms with Crippen LogP contribution in [0, 0.1) is 0 Å². The van der Waals surface area contributed by atoms with Crippen molar-refractivity contribution >= 4 is 28.8 Å². The van der Waals surface area contributed by atoms with Crippen molar-refractivity contribution in [1.29, 1.82) is 0 Å². The van der Waals surface area contributed by atoms with Crippen molar-refractivity contribution in [3.63, 3.8) is 0 Å². The van der Waals surface area contributed by atoms with E-state index >= 15 is 0 Å². The van der Waals surface area contributed by atoms with Crippen LogP contribution in [-0.4, -0.2) is 19.2 Å². The molecule has 0 N–H and O–H groups in total. The van der Waals surface area contributed by atoms with Gasteiger partial charge >= 0.3 is 12.4 Å². The number of halogens is 8. The topological polar surface area (TPSA) is 52.2 Å². The molecule has 3 heterocycles. The molecule has 3 rings (SSSR count). The Morgan fingerprint density at radius 1 is 0.926 bits per heavy atom. The molecule has 0 aromatic carbocycles. The summed E-state index contributed by atoms with van der Waals surface area (Å²) in [5, 5.41) is 2.37. The molecule has 0 saturated carbocycles. The third-order valence-electron chi connectivity index (χ3n) is 3.43. The molecule has 0 aliphatic heterocycles. The van der Waals surface area contributed by atoms with Gasteiger partial charge in [0, 0.05) is 12.1 Å². The molecule has 0 radical (unpaired) electrons. The van der Waals surface area contributed by atoms with E-state index in [1.807, 2.05) is 0 Å². The molecule has 144 valence electrons. The van der Waals surface area contributed by atoms with E-state index in [0.29, 0.717) is 18.2 Å². The Labute approximate surface area is 155 Å². The molecular weight excluding hydrogens is 425 g/mol. The summed E-state index contributed by atoms with van der Waals surface area (Å²) in [6.07, 6.45) is -9.47. The van der Waals surface area contributed by atoms with Crippen molar-refractivity contribution < 1.29 is 26.3 Å². The van der Waals surface area contributed by atoms with E-state index in [9.17, 15) is 31.1 Å². The maximum absolute atomic E-state index is 12.9. The maximum atomic E-state index is 12.9. The summed E-state index contributed by atoms with van der Waals surface area (Å²) in [6.45, 7) is -0.464. The zero-order chi connectivity index (χ0) is 20.1. The average Bonchev–Trinajstić information content (AvgIpc) is 2.86. The first-order valence-corrected chi connectivity index (χ1v) is 7.72. The molecule has 3 aromatic heterocycles. The van der Waals surface area contributed by atoms with Crippen molar-refractivity contribution in [3.8, 4) is 0 Å². The minimum Gasteiger partial charge on any atom is -0.269 e. The largest absolute Gasteiger partial charge is 0.435 e. The highest BCUT2D eigenvalue weighted by Crippen LogP contribution is 2.32. The lowest BCUT2D eigenvalue weighted by Gasteiger charge is -2.11. The quantitative estimate of drug-likeness (QED) is 0.450. The van der Waals surface area contributed by atoms with Crippen LogP contribution < -0.4 is 5.56 Å². The molecule has 0 saturated heterocycles. The average molecular weight is 431 g/mol. The van der Waals surface area contributed by atoms with Gasteiger partial charge in [0.2, 0.25) is 0 Å².